The SMILES string of the molecule is CO[C@@H]1CCCOC12CCN(C(=O)Cc1csc(C(C)=O)c1)CC2. The first kappa shape index (κ1) is 17.6. The molecule has 0 saturated carbocycles. The zero-order chi connectivity index (χ0) is 17.2. The molecule has 0 bridgehead atoms. The maximum absolute atomic E-state index is 12.5. The smallest absolute Gasteiger partial charge is 0.227 e. The lowest BCUT2D eigenvalue weighted by Gasteiger charge is -2.48. The van der Waals surface area contributed by atoms with Crippen LogP contribution in [0.1, 0.15) is 47.8 Å². The average molecular weight is 351 g/mol. The number of likely N-dealkylation sites (tertiary alicyclic amines) is 1. The minimum absolute atomic E-state index is 0.0543. The van der Waals surface area contributed by atoms with E-state index in [-0.39, 0.29) is 23.4 Å². The predicted molar refractivity (Wildman–Crippen MR) is 92.6 cm³/mol. The molecule has 6 heteroatoms. The molecule has 5 nitrogen and oxygen atoms in total. The van der Waals surface area contributed by atoms with E-state index < -0.39 is 0 Å². The van der Waals surface area contributed by atoms with Gasteiger partial charge in [0.2, 0.25) is 5.91 Å². The van der Waals surface area contributed by atoms with Gasteiger partial charge in [-0.3, -0.25) is 9.59 Å². The molecule has 132 valence electrons. The Labute approximate surface area is 146 Å². The molecule has 3 rings (SSSR count). The van der Waals surface area contributed by atoms with Crippen molar-refractivity contribution in [2.75, 3.05) is 26.8 Å². The summed E-state index contributed by atoms with van der Waals surface area (Å²) < 4.78 is 11.7. The first-order valence-electron chi connectivity index (χ1n) is 8.57. The van der Waals surface area contributed by atoms with E-state index in [1.54, 1.807) is 14.0 Å². The van der Waals surface area contributed by atoms with E-state index in [2.05, 4.69) is 0 Å². The van der Waals surface area contributed by atoms with Gasteiger partial charge in [0.05, 0.1) is 23.0 Å². The molecule has 2 saturated heterocycles. The van der Waals surface area contributed by atoms with Crippen LogP contribution < -0.4 is 0 Å². The normalized spacial score (nSPS) is 23.4. The van der Waals surface area contributed by atoms with Crippen molar-refractivity contribution in [1.82, 2.24) is 4.90 Å². The van der Waals surface area contributed by atoms with Crippen molar-refractivity contribution >= 4 is 23.0 Å². The zero-order valence-electron chi connectivity index (χ0n) is 14.4. The van der Waals surface area contributed by atoms with Crippen LogP contribution in [-0.4, -0.2) is 55.1 Å². The number of carbonyl (C=O) groups is 2. The minimum Gasteiger partial charge on any atom is -0.378 e. The molecule has 1 amide bonds. The van der Waals surface area contributed by atoms with Gasteiger partial charge in [0.15, 0.2) is 5.78 Å². The monoisotopic (exact) mass is 351 g/mol. The van der Waals surface area contributed by atoms with Crippen LogP contribution in [0, 0.1) is 0 Å². The number of Topliss-reactive ketones (excluding diaryl/α,β-unsaturated/α-hetero) is 1. The molecule has 2 aliphatic heterocycles. The Bertz CT molecular complexity index is 604. The molecule has 1 atom stereocenters. The molecular weight excluding hydrogens is 326 g/mol. The third-order valence-electron chi connectivity index (χ3n) is 5.19. The summed E-state index contributed by atoms with van der Waals surface area (Å²) in [4.78, 5) is 26.5. The second kappa shape index (κ2) is 7.33. The van der Waals surface area contributed by atoms with Crippen LogP contribution in [0.25, 0.3) is 0 Å². The fourth-order valence-electron chi connectivity index (χ4n) is 3.77. The van der Waals surface area contributed by atoms with Gasteiger partial charge in [0.25, 0.3) is 0 Å². The van der Waals surface area contributed by atoms with Crippen molar-refractivity contribution in [2.45, 2.75) is 50.7 Å². The van der Waals surface area contributed by atoms with Gasteiger partial charge >= 0.3 is 0 Å². The standard InChI is InChI=1S/C18H25NO4S/c1-13(20)15-10-14(12-24-15)11-17(21)19-7-5-18(6-8-19)16(22-2)4-3-9-23-18/h10,12,16H,3-9,11H2,1-2H3/t16-/m1/s1. The molecule has 0 aliphatic carbocycles. The maximum Gasteiger partial charge on any atom is 0.227 e. The van der Waals surface area contributed by atoms with Crippen molar-refractivity contribution in [3.63, 3.8) is 0 Å². The fourth-order valence-corrected chi connectivity index (χ4v) is 4.59. The lowest BCUT2D eigenvalue weighted by atomic mass is 9.81. The first-order valence-corrected chi connectivity index (χ1v) is 9.45. The van der Waals surface area contributed by atoms with E-state index in [0.717, 1.165) is 37.9 Å². The van der Waals surface area contributed by atoms with Crippen LogP contribution in [0.2, 0.25) is 0 Å². The van der Waals surface area contributed by atoms with E-state index in [0.29, 0.717) is 24.4 Å². The van der Waals surface area contributed by atoms with Crippen LogP contribution in [0.3, 0.4) is 0 Å². The third-order valence-corrected chi connectivity index (χ3v) is 6.27. The summed E-state index contributed by atoms with van der Waals surface area (Å²) in [6.45, 7) is 3.76. The molecule has 1 spiro atoms. The Morgan fingerprint density at radius 1 is 1.42 bits per heavy atom. The molecule has 24 heavy (non-hydrogen) atoms. The summed E-state index contributed by atoms with van der Waals surface area (Å²) in [6, 6.07) is 1.83. The number of hydrogen-bond acceptors (Lipinski definition) is 5. The highest BCUT2D eigenvalue weighted by Gasteiger charge is 2.45. The molecule has 3 heterocycles. The van der Waals surface area contributed by atoms with E-state index in [9.17, 15) is 9.59 Å². The number of thiophene rings is 1. The van der Waals surface area contributed by atoms with Gasteiger partial charge in [-0.25, -0.2) is 0 Å². The molecular formula is C18H25NO4S. The van der Waals surface area contributed by atoms with E-state index in [1.807, 2.05) is 16.3 Å². The highest BCUT2D eigenvalue weighted by molar-refractivity contribution is 7.12. The van der Waals surface area contributed by atoms with Gasteiger partial charge in [0.1, 0.15) is 0 Å². The number of rotatable bonds is 4. The Hall–Kier alpha value is -1.24. The van der Waals surface area contributed by atoms with Crippen molar-refractivity contribution in [3.8, 4) is 0 Å². The number of ketones is 1. The highest BCUT2D eigenvalue weighted by Crippen LogP contribution is 2.36. The Morgan fingerprint density at radius 3 is 2.79 bits per heavy atom. The number of hydrogen-bond donors (Lipinski definition) is 0. The van der Waals surface area contributed by atoms with Gasteiger partial charge in [-0.1, -0.05) is 0 Å². The summed E-state index contributed by atoms with van der Waals surface area (Å²) in [5.74, 6) is 0.182. The number of methoxy groups -OCH3 is 1. The van der Waals surface area contributed by atoms with Gasteiger partial charge in [-0.05, 0) is 49.6 Å². The summed E-state index contributed by atoms with van der Waals surface area (Å²) in [7, 11) is 1.75. The minimum atomic E-state index is -0.214. The second-order valence-electron chi connectivity index (χ2n) is 6.71. The summed E-state index contributed by atoms with van der Waals surface area (Å²) in [6.07, 6.45) is 4.25. The van der Waals surface area contributed by atoms with Gasteiger partial charge in [-0.15, -0.1) is 11.3 Å². The topological polar surface area (TPSA) is 55.8 Å². The van der Waals surface area contributed by atoms with Crippen molar-refractivity contribution in [1.29, 1.82) is 0 Å². The Kier molecular flexibility index (Phi) is 5.37. The second-order valence-corrected chi connectivity index (χ2v) is 7.62. The molecule has 1 aromatic rings. The molecule has 0 aromatic carbocycles. The van der Waals surface area contributed by atoms with E-state index in [1.165, 1.54) is 11.3 Å². The van der Waals surface area contributed by atoms with Crippen molar-refractivity contribution < 1.29 is 19.1 Å². The fraction of sp³-hybridized carbons (Fsp3) is 0.667. The number of ether oxygens (including phenoxy) is 2. The number of amides is 1. The predicted octanol–water partition coefficient (Wildman–Crippen LogP) is 2.68. The van der Waals surface area contributed by atoms with Crippen LogP contribution >= 0.6 is 11.3 Å². The molecule has 0 N–H and O–H groups in total. The summed E-state index contributed by atoms with van der Waals surface area (Å²) in [5, 5.41) is 1.91. The van der Waals surface area contributed by atoms with Crippen LogP contribution in [0.15, 0.2) is 11.4 Å². The molecule has 2 fully saturated rings. The summed E-state index contributed by atoms with van der Waals surface area (Å²) in [5.41, 5.74) is 0.715. The zero-order valence-corrected chi connectivity index (χ0v) is 15.2. The van der Waals surface area contributed by atoms with Crippen LogP contribution in [0.4, 0.5) is 0 Å². The summed E-state index contributed by atoms with van der Waals surface area (Å²) >= 11 is 1.41. The first-order chi connectivity index (χ1) is 11.5. The molecule has 0 radical (unpaired) electrons. The number of piperidine rings is 1. The number of nitrogens with zero attached hydrogens (tertiary/aromatic N) is 1. The van der Waals surface area contributed by atoms with Gasteiger partial charge in [-0.2, -0.15) is 0 Å². The Morgan fingerprint density at radius 2 is 2.17 bits per heavy atom. The maximum atomic E-state index is 12.5. The van der Waals surface area contributed by atoms with Crippen molar-refractivity contribution in [3.05, 3.63) is 21.9 Å². The quantitative estimate of drug-likeness (QED) is 0.783. The average Bonchev–Trinajstić information content (AvgIpc) is 3.05. The molecule has 1 aromatic heterocycles. The number of carbonyl (C=O) groups excluding carboxylic acids is 2. The lowest BCUT2D eigenvalue weighted by Crippen LogP contribution is -2.56. The Balaban J connectivity index is 1.57. The van der Waals surface area contributed by atoms with Gasteiger partial charge < -0.3 is 14.4 Å². The lowest BCUT2D eigenvalue weighted by molar-refractivity contribution is -0.188. The molecule has 2 aliphatic rings. The van der Waals surface area contributed by atoms with E-state index >= 15 is 0 Å². The van der Waals surface area contributed by atoms with E-state index in [4.69, 9.17) is 9.47 Å². The molecule has 0 unspecified atom stereocenters. The van der Waals surface area contributed by atoms with Crippen LogP contribution in [-0.2, 0) is 20.7 Å². The van der Waals surface area contributed by atoms with Crippen LogP contribution in [0.5, 0.6) is 0 Å². The largest absolute Gasteiger partial charge is 0.378 e. The van der Waals surface area contributed by atoms with Gasteiger partial charge in [0, 0.05) is 26.8 Å². The highest BCUT2D eigenvalue weighted by atomic mass is 32.1. The third kappa shape index (κ3) is 3.55. The van der Waals surface area contributed by atoms with Crippen molar-refractivity contribution in [2.24, 2.45) is 0 Å².